The van der Waals surface area contributed by atoms with Crippen molar-refractivity contribution in [3.8, 4) is 11.5 Å². The SMILES string of the molecule is CCCC(=O)NC(Cc1ccc(O)cc1)C(=O)NC(CCC(=O)NC1C(=O)NC(Cc2ccc(O)cc2)C(=O)NC2CCC(O)N(C2=O)C(C(C)C)C(=O)N(C)C(Cc2ccccc2)C(=O)NC(C(C)CC)C(=O)OC1C)C(=O)O. The third kappa shape index (κ3) is 17.2. The molecule has 434 valence electrons. The van der Waals surface area contributed by atoms with Gasteiger partial charge in [-0.15, -0.1) is 0 Å². The van der Waals surface area contributed by atoms with Gasteiger partial charge in [-0.2, -0.15) is 0 Å². The third-order valence-electron chi connectivity index (χ3n) is 14.4. The van der Waals surface area contributed by atoms with Crippen LogP contribution in [0.25, 0.3) is 0 Å². The van der Waals surface area contributed by atoms with Gasteiger partial charge in [-0.25, -0.2) is 9.59 Å². The number of hydrogen-bond acceptors (Lipinski definition) is 14. The van der Waals surface area contributed by atoms with E-state index in [-0.39, 0.29) is 50.0 Å². The number of aliphatic hydroxyl groups excluding tert-OH is 1. The lowest BCUT2D eigenvalue weighted by molar-refractivity contribution is -0.167. The van der Waals surface area contributed by atoms with Crippen LogP contribution in [-0.2, 0) is 71.9 Å². The van der Waals surface area contributed by atoms with Gasteiger partial charge in [-0.1, -0.05) is 95.6 Å². The number of amides is 8. The molecule has 2 heterocycles. The Kier molecular flexibility index (Phi) is 22.9. The van der Waals surface area contributed by atoms with E-state index in [0.717, 1.165) is 9.80 Å². The lowest BCUT2D eigenvalue weighted by Gasteiger charge is -2.44. The van der Waals surface area contributed by atoms with Crippen LogP contribution in [0.3, 0.4) is 0 Å². The summed E-state index contributed by atoms with van der Waals surface area (Å²) in [5, 5.41) is 57.1. The fourth-order valence-electron chi connectivity index (χ4n) is 9.56. The van der Waals surface area contributed by atoms with Crippen molar-refractivity contribution >= 4 is 59.2 Å². The van der Waals surface area contributed by atoms with Crippen molar-refractivity contribution in [1.29, 1.82) is 0 Å². The normalized spacial score (nSPS) is 23.6. The molecule has 2 bridgehead atoms. The molecule has 3 aromatic carbocycles. The van der Waals surface area contributed by atoms with Crippen molar-refractivity contribution in [2.45, 2.75) is 166 Å². The first-order valence-corrected chi connectivity index (χ1v) is 27.0. The number of carbonyl (C=O) groups is 10. The number of carboxylic acid groups (broad SMARTS) is 1. The van der Waals surface area contributed by atoms with E-state index < -0.39 is 145 Å². The first kappa shape index (κ1) is 62.8. The molecule has 10 N–H and O–H groups in total. The van der Waals surface area contributed by atoms with E-state index in [0.29, 0.717) is 29.5 Å². The number of ether oxygens (including phenoxy) is 1. The summed E-state index contributed by atoms with van der Waals surface area (Å²) in [6, 6.07) is 8.35. The van der Waals surface area contributed by atoms with Crippen molar-refractivity contribution < 1.29 is 73.1 Å². The van der Waals surface area contributed by atoms with Gasteiger partial charge in [-0.05, 0) is 85.4 Å². The number of cyclic esters (lactones) is 1. The molecule has 0 saturated carbocycles. The van der Waals surface area contributed by atoms with Gasteiger partial charge in [-0.3, -0.25) is 38.4 Å². The Morgan fingerprint density at radius 3 is 1.91 bits per heavy atom. The minimum absolute atomic E-state index is 0.0443. The van der Waals surface area contributed by atoms with Crippen molar-refractivity contribution in [2.24, 2.45) is 11.8 Å². The smallest absolute Gasteiger partial charge is 0.329 e. The number of fused-ring (bicyclic) bond motifs is 2. The van der Waals surface area contributed by atoms with Crippen molar-refractivity contribution in [2.75, 3.05) is 7.05 Å². The third-order valence-corrected chi connectivity index (χ3v) is 14.4. The molecule has 3 aromatic rings. The summed E-state index contributed by atoms with van der Waals surface area (Å²) in [5.41, 5.74) is 1.58. The van der Waals surface area contributed by atoms with Gasteiger partial charge in [0.05, 0.1) is 0 Å². The molecule has 5 rings (SSSR count). The predicted octanol–water partition coefficient (Wildman–Crippen LogP) is 1.48. The van der Waals surface area contributed by atoms with Crippen LogP contribution in [0.4, 0.5) is 0 Å². The number of likely N-dealkylation sites (N-methyl/N-ethyl adjacent to an activating group) is 1. The fourth-order valence-corrected chi connectivity index (χ4v) is 9.56. The lowest BCUT2D eigenvalue weighted by atomic mass is 9.93. The number of esters is 1. The van der Waals surface area contributed by atoms with Crippen molar-refractivity contribution in [1.82, 2.24) is 41.7 Å². The zero-order valence-electron chi connectivity index (χ0n) is 46.2. The summed E-state index contributed by atoms with van der Waals surface area (Å²) in [7, 11) is 1.38. The number of carboxylic acids is 1. The Balaban J connectivity index is 1.53. The number of benzene rings is 3. The number of aromatic hydroxyl groups is 2. The number of phenols is 2. The molecule has 0 aliphatic carbocycles. The summed E-state index contributed by atoms with van der Waals surface area (Å²) in [4.78, 5) is 143. The van der Waals surface area contributed by atoms with Gasteiger partial charge in [0, 0.05) is 39.2 Å². The molecular formula is C57H76N8O15. The largest absolute Gasteiger partial charge is 0.508 e. The summed E-state index contributed by atoms with van der Waals surface area (Å²) in [6.45, 7) is 9.76. The number of piperidine rings is 1. The summed E-state index contributed by atoms with van der Waals surface area (Å²) in [5.74, 6) is -10.7. The Hall–Kier alpha value is -8.08. The van der Waals surface area contributed by atoms with E-state index in [4.69, 9.17) is 4.74 Å². The first-order valence-electron chi connectivity index (χ1n) is 27.0. The van der Waals surface area contributed by atoms with Crippen LogP contribution in [0.15, 0.2) is 78.9 Å². The topological polar surface area (TPSA) is 340 Å². The van der Waals surface area contributed by atoms with Gasteiger partial charge in [0.15, 0.2) is 0 Å². The minimum atomic E-state index is -1.85. The highest BCUT2D eigenvalue weighted by Crippen LogP contribution is 2.27. The standard InChI is InChI=1S/C57H76N8O15/c1-8-13-44(68)58-41(28-35-16-20-37(66)21-17-35)50(71)60-40(56(77)78)24-26-45(69)62-48-33(6)80-57(79)47(32(5)9-2)63-52(73)43(30-34-14-11-10-12-15-34)64(7)55(76)49(31(3)4)65-46(70)27-25-39(54(65)75)59-51(72)42(61-53(48)74)29-36-18-22-38(67)23-19-36/h10-12,14-23,31-33,39-43,46-49,66-67,70H,8-9,13,24-30H2,1-7H3,(H,58,68)(H,59,72)(H,60,71)(H,61,74)(H,62,69)(H,63,73)(H,77,78). The summed E-state index contributed by atoms with van der Waals surface area (Å²) >= 11 is 0. The second-order valence-electron chi connectivity index (χ2n) is 20.9. The Morgan fingerprint density at radius 2 is 1.32 bits per heavy atom. The molecule has 2 aliphatic heterocycles. The molecule has 2 aliphatic rings. The molecular weight excluding hydrogens is 1040 g/mol. The molecule has 11 unspecified atom stereocenters. The average Bonchev–Trinajstić information content (AvgIpc) is 3.46. The number of phenolic OH excluding ortho intramolecular Hbond substituents is 2. The van der Waals surface area contributed by atoms with E-state index in [9.17, 15) is 68.4 Å². The Morgan fingerprint density at radius 1 is 0.713 bits per heavy atom. The molecule has 11 atom stereocenters. The number of carbonyl (C=O) groups excluding carboxylic acids is 9. The average molecular weight is 1110 g/mol. The molecule has 8 amide bonds. The monoisotopic (exact) mass is 1110 g/mol. The second kappa shape index (κ2) is 29.2. The van der Waals surface area contributed by atoms with Crippen molar-refractivity contribution in [3.05, 3.63) is 95.6 Å². The van der Waals surface area contributed by atoms with Crippen LogP contribution in [0.2, 0.25) is 0 Å². The Bertz CT molecular complexity index is 2670. The second-order valence-corrected chi connectivity index (χ2v) is 20.9. The van der Waals surface area contributed by atoms with Crippen LogP contribution in [0.1, 0.15) is 103 Å². The van der Waals surface area contributed by atoms with Gasteiger partial charge in [0.1, 0.15) is 72.2 Å². The van der Waals surface area contributed by atoms with Crippen LogP contribution in [0, 0.1) is 11.8 Å². The van der Waals surface area contributed by atoms with Crippen LogP contribution in [0.5, 0.6) is 11.5 Å². The zero-order valence-corrected chi connectivity index (χ0v) is 46.2. The lowest BCUT2D eigenvalue weighted by Crippen LogP contribution is -2.66. The molecule has 0 spiro atoms. The van der Waals surface area contributed by atoms with Crippen LogP contribution >= 0.6 is 0 Å². The predicted molar refractivity (Wildman–Crippen MR) is 289 cm³/mol. The number of aliphatic hydroxyl groups is 1. The first-order chi connectivity index (χ1) is 37.9. The number of hydrogen-bond donors (Lipinski definition) is 10. The maximum atomic E-state index is 14.9. The summed E-state index contributed by atoms with van der Waals surface area (Å²) < 4.78 is 5.94. The number of nitrogens with one attached hydrogen (secondary N) is 6. The fraction of sp³-hybridized carbons (Fsp3) is 0.509. The van der Waals surface area contributed by atoms with Gasteiger partial charge >= 0.3 is 11.9 Å². The van der Waals surface area contributed by atoms with Gasteiger partial charge in [0.2, 0.25) is 47.3 Å². The maximum Gasteiger partial charge on any atom is 0.329 e. The molecule has 2 fully saturated rings. The van der Waals surface area contributed by atoms with E-state index >= 15 is 0 Å². The maximum absolute atomic E-state index is 14.9. The highest BCUT2D eigenvalue weighted by Gasteiger charge is 2.47. The molecule has 2 saturated heterocycles. The Labute approximate surface area is 464 Å². The van der Waals surface area contributed by atoms with Crippen LogP contribution in [-0.4, -0.2) is 157 Å². The van der Waals surface area contributed by atoms with E-state index in [2.05, 4.69) is 31.9 Å². The quantitative estimate of drug-likeness (QED) is 0.0761. The van der Waals surface area contributed by atoms with E-state index in [1.807, 2.05) is 0 Å². The molecule has 0 radical (unpaired) electrons. The zero-order chi connectivity index (χ0) is 59.0. The number of aliphatic carboxylic acids is 1. The highest BCUT2D eigenvalue weighted by atomic mass is 16.5. The summed E-state index contributed by atoms with van der Waals surface area (Å²) in [6.07, 6.45) is -4.09. The van der Waals surface area contributed by atoms with E-state index in [1.165, 1.54) is 62.5 Å². The van der Waals surface area contributed by atoms with E-state index in [1.54, 1.807) is 65.0 Å². The highest BCUT2D eigenvalue weighted by molar-refractivity contribution is 5.98. The van der Waals surface area contributed by atoms with Crippen LogP contribution < -0.4 is 31.9 Å². The molecule has 0 aromatic heterocycles. The molecule has 23 nitrogen and oxygen atoms in total. The van der Waals surface area contributed by atoms with Gasteiger partial charge in [0.25, 0.3) is 0 Å². The molecule has 23 heteroatoms. The number of rotatable bonds is 19. The van der Waals surface area contributed by atoms with Gasteiger partial charge < -0.3 is 66.9 Å². The van der Waals surface area contributed by atoms with Crippen molar-refractivity contribution in [3.63, 3.8) is 0 Å². The number of nitrogens with zero attached hydrogens (tertiary/aromatic N) is 2. The minimum Gasteiger partial charge on any atom is -0.508 e. The molecule has 80 heavy (non-hydrogen) atoms.